The molecule has 24 heavy (non-hydrogen) atoms. The van der Waals surface area contributed by atoms with E-state index in [2.05, 4.69) is 0 Å². The fourth-order valence-corrected chi connectivity index (χ4v) is 2.25. The van der Waals surface area contributed by atoms with Gasteiger partial charge in [-0.1, -0.05) is 17.7 Å². The van der Waals surface area contributed by atoms with Crippen LogP contribution in [0.1, 0.15) is 5.56 Å². The second-order valence-electron chi connectivity index (χ2n) is 4.94. The van der Waals surface area contributed by atoms with Gasteiger partial charge < -0.3 is 9.84 Å². The molecule has 1 heterocycles. The smallest absolute Gasteiger partial charge is 0.341 e. The van der Waals surface area contributed by atoms with Gasteiger partial charge in [0.05, 0.1) is 5.02 Å². The molecule has 0 aliphatic carbocycles. The summed E-state index contributed by atoms with van der Waals surface area (Å²) in [4.78, 5) is 48.0. The van der Waals surface area contributed by atoms with Gasteiger partial charge in [-0.3, -0.25) is 19.4 Å². The number of benzene rings is 1. The molecule has 0 atom stereocenters. The Morgan fingerprint density at radius 3 is 2.29 bits per heavy atom. The van der Waals surface area contributed by atoms with Gasteiger partial charge in [0.25, 0.3) is 11.8 Å². The monoisotopic (exact) mass is 352 g/mol. The molecule has 1 aliphatic rings. The summed E-state index contributed by atoms with van der Waals surface area (Å²) in [6.45, 7) is -0.547. The Morgan fingerprint density at radius 2 is 1.79 bits per heavy atom. The third-order valence-corrected chi connectivity index (χ3v) is 3.56. The molecule has 1 N–H and O–H groups in total. The number of urea groups is 1. The summed E-state index contributed by atoms with van der Waals surface area (Å²) in [5, 5.41) is 8.70. The summed E-state index contributed by atoms with van der Waals surface area (Å²) in [5.74, 6) is -2.42. The van der Waals surface area contributed by atoms with Crippen molar-refractivity contribution in [1.82, 2.24) is 9.80 Å². The van der Waals surface area contributed by atoms with Crippen LogP contribution in [0.2, 0.25) is 5.02 Å². The van der Waals surface area contributed by atoms with E-state index in [9.17, 15) is 19.2 Å². The highest BCUT2D eigenvalue weighted by molar-refractivity contribution is 6.32. The molecule has 1 aromatic carbocycles. The summed E-state index contributed by atoms with van der Waals surface area (Å²) >= 11 is 5.99. The average Bonchev–Trinajstić information content (AvgIpc) is 2.54. The Morgan fingerprint density at radius 1 is 1.21 bits per heavy atom. The highest BCUT2D eigenvalue weighted by Gasteiger charge is 2.37. The maximum atomic E-state index is 12.1. The number of hydrogen-bond acceptors (Lipinski definition) is 5. The first-order valence-corrected chi connectivity index (χ1v) is 7.06. The predicted octanol–water partition coefficient (Wildman–Crippen LogP) is 1.24. The Kier molecular flexibility index (Phi) is 4.89. The summed E-state index contributed by atoms with van der Waals surface area (Å²) in [6.07, 6.45) is 1.30. The summed E-state index contributed by atoms with van der Waals surface area (Å²) < 4.78 is 4.99. The van der Waals surface area contributed by atoms with Gasteiger partial charge in [0.2, 0.25) is 0 Å². The minimum Gasteiger partial charge on any atom is -0.480 e. The van der Waals surface area contributed by atoms with Crippen LogP contribution in [-0.4, -0.2) is 59.4 Å². The Labute approximate surface area is 141 Å². The van der Waals surface area contributed by atoms with Crippen LogP contribution in [0.15, 0.2) is 23.8 Å². The van der Waals surface area contributed by atoms with Crippen molar-refractivity contribution in [3.05, 3.63) is 34.4 Å². The molecule has 0 unspecified atom stereocenters. The van der Waals surface area contributed by atoms with Crippen LogP contribution in [-0.2, 0) is 14.4 Å². The van der Waals surface area contributed by atoms with Gasteiger partial charge in [0.15, 0.2) is 6.61 Å². The molecule has 1 saturated heterocycles. The number of imide groups is 2. The van der Waals surface area contributed by atoms with E-state index in [0.29, 0.717) is 5.56 Å². The molecule has 0 radical (unpaired) electrons. The van der Waals surface area contributed by atoms with E-state index in [4.69, 9.17) is 21.4 Å². The number of carboxylic acid groups (broad SMARTS) is 1. The van der Waals surface area contributed by atoms with Gasteiger partial charge in [-0.2, -0.15) is 0 Å². The van der Waals surface area contributed by atoms with E-state index in [-0.39, 0.29) is 16.3 Å². The number of carbonyl (C=O) groups is 4. The van der Waals surface area contributed by atoms with E-state index in [0.717, 1.165) is 9.80 Å². The minimum absolute atomic E-state index is 0.124. The average molecular weight is 353 g/mol. The molecule has 8 nitrogen and oxygen atoms in total. The van der Waals surface area contributed by atoms with Crippen LogP contribution in [0.4, 0.5) is 4.79 Å². The zero-order chi connectivity index (χ0) is 18.0. The van der Waals surface area contributed by atoms with Crippen molar-refractivity contribution in [2.75, 3.05) is 20.7 Å². The van der Waals surface area contributed by atoms with Gasteiger partial charge in [0, 0.05) is 14.1 Å². The lowest BCUT2D eigenvalue weighted by atomic mass is 10.1. The van der Waals surface area contributed by atoms with Crippen molar-refractivity contribution in [2.45, 2.75) is 0 Å². The topological polar surface area (TPSA) is 104 Å². The van der Waals surface area contributed by atoms with E-state index < -0.39 is 30.4 Å². The molecule has 0 aromatic heterocycles. The van der Waals surface area contributed by atoms with Crippen molar-refractivity contribution in [1.29, 1.82) is 0 Å². The molecule has 126 valence electrons. The van der Waals surface area contributed by atoms with Crippen molar-refractivity contribution >= 4 is 41.5 Å². The number of halogens is 1. The largest absolute Gasteiger partial charge is 0.480 e. The number of barbiturate groups is 1. The normalized spacial score (nSPS) is 15.0. The second kappa shape index (κ2) is 6.71. The van der Waals surface area contributed by atoms with Crippen molar-refractivity contribution < 1.29 is 29.0 Å². The van der Waals surface area contributed by atoms with Gasteiger partial charge in [-0.05, 0) is 23.8 Å². The van der Waals surface area contributed by atoms with Crippen LogP contribution in [0.5, 0.6) is 5.75 Å². The standard InChI is InChI=1S/C15H13ClN2O6/c1-17-13(21)9(14(22)18(2)15(17)23)5-8-3-4-11(10(16)6-8)24-7-12(19)20/h3-6H,7H2,1-2H3,(H,19,20). The van der Waals surface area contributed by atoms with Crippen LogP contribution < -0.4 is 4.74 Å². The maximum Gasteiger partial charge on any atom is 0.341 e. The van der Waals surface area contributed by atoms with E-state index >= 15 is 0 Å². The Balaban J connectivity index is 2.31. The number of likely N-dealkylation sites (N-methyl/N-ethyl adjacent to an activating group) is 2. The third kappa shape index (κ3) is 3.38. The minimum atomic E-state index is -1.15. The molecule has 9 heteroatoms. The number of aliphatic carboxylic acids is 1. The van der Waals surface area contributed by atoms with Gasteiger partial charge >= 0.3 is 12.0 Å². The lowest BCUT2D eigenvalue weighted by Gasteiger charge is -2.28. The lowest BCUT2D eigenvalue weighted by molar-refractivity contribution is -0.139. The van der Waals surface area contributed by atoms with Gasteiger partial charge in [-0.15, -0.1) is 0 Å². The number of amides is 4. The predicted molar refractivity (Wildman–Crippen MR) is 83.5 cm³/mol. The third-order valence-electron chi connectivity index (χ3n) is 3.26. The number of rotatable bonds is 4. The summed E-state index contributed by atoms with van der Waals surface area (Å²) in [7, 11) is 2.55. The van der Waals surface area contributed by atoms with Gasteiger partial charge in [-0.25, -0.2) is 9.59 Å². The molecule has 0 saturated carbocycles. The number of carbonyl (C=O) groups excluding carboxylic acids is 3. The number of ether oxygens (including phenoxy) is 1. The van der Waals surface area contributed by atoms with E-state index in [1.54, 1.807) is 0 Å². The van der Waals surface area contributed by atoms with Crippen molar-refractivity contribution in [3.8, 4) is 5.75 Å². The first-order chi connectivity index (χ1) is 11.2. The molecule has 1 aromatic rings. The maximum absolute atomic E-state index is 12.1. The first kappa shape index (κ1) is 17.5. The Bertz CT molecular complexity index is 747. The number of hydrogen-bond donors (Lipinski definition) is 1. The molecule has 1 fully saturated rings. The highest BCUT2D eigenvalue weighted by atomic mass is 35.5. The fraction of sp³-hybridized carbons (Fsp3) is 0.200. The molecular weight excluding hydrogens is 340 g/mol. The quantitative estimate of drug-likeness (QED) is 0.645. The van der Waals surface area contributed by atoms with Crippen LogP contribution in [0.3, 0.4) is 0 Å². The second-order valence-corrected chi connectivity index (χ2v) is 5.35. The summed E-state index contributed by atoms with van der Waals surface area (Å²) in [5.41, 5.74) is 0.241. The zero-order valence-corrected chi connectivity index (χ0v) is 13.5. The first-order valence-electron chi connectivity index (χ1n) is 6.68. The number of nitrogens with zero attached hydrogens (tertiary/aromatic N) is 2. The molecule has 2 rings (SSSR count). The molecule has 4 amide bonds. The van der Waals surface area contributed by atoms with Crippen molar-refractivity contribution in [3.63, 3.8) is 0 Å². The zero-order valence-electron chi connectivity index (χ0n) is 12.8. The molecule has 0 spiro atoms. The number of carboxylic acids is 1. The van der Waals surface area contributed by atoms with E-state index in [1.165, 1.54) is 38.4 Å². The fourth-order valence-electron chi connectivity index (χ4n) is 2.01. The Hall–Kier alpha value is -2.87. The molecule has 0 bridgehead atoms. The molecular formula is C15H13ClN2O6. The van der Waals surface area contributed by atoms with E-state index in [1.807, 2.05) is 0 Å². The molecule has 1 aliphatic heterocycles. The lowest BCUT2D eigenvalue weighted by Crippen LogP contribution is -2.52. The van der Waals surface area contributed by atoms with Crippen molar-refractivity contribution in [2.24, 2.45) is 0 Å². The van der Waals surface area contributed by atoms with Crippen LogP contribution in [0.25, 0.3) is 6.08 Å². The van der Waals surface area contributed by atoms with Crippen LogP contribution >= 0.6 is 11.6 Å². The highest BCUT2D eigenvalue weighted by Crippen LogP contribution is 2.27. The van der Waals surface area contributed by atoms with Gasteiger partial charge in [0.1, 0.15) is 11.3 Å². The summed E-state index contributed by atoms with van der Waals surface area (Å²) in [6, 6.07) is 3.64. The SMILES string of the molecule is CN1C(=O)C(=Cc2ccc(OCC(=O)O)c(Cl)c2)C(=O)N(C)C1=O. The van der Waals surface area contributed by atoms with Crippen LogP contribution in [0, 0.1) is 0 Å².